The molecule has 1 aromatic rings. The van der Waals surface area contributed by atoms with Gasteiger partial charge in [-0.05, 0) is 20.0 Å². The molecule has 4 nitrogen and oxygen atoms in total. The third kappa shape index (κ3) is 4.03. The van der Waals surface area contributed by atoms with Crippen molar-refractivity contribution in [1.29, 1.82) is 0 Å². The van der Waals surface area contributed by atoms with E-state index in [1.165, 1.54) is 12.1 Å². The predicted molar refractivity (Wildman–Crippen MR) is 63.1 cm³/mol. The van der Waals surface area contributed by atoms with Gasteiger partial charge in [-0.1, -0.05) is 12.1 Å². The molecule has 0 spiro atoms. The molecule has 94 valence electrons. The van der Waals surface area contributed by atoms with E-state index < -0.39 is 5.82 Å². The molecule has 0 aliphatic carbocycles. The third-order valence-electron chi connectivity index (χ3n) is 2.30. The lowest BCUT2D eigenvalue weighted by Crippen LogP contribution is -2.34. The number of phenols is 1. The number of carbonyl (C=O) groups is 1. The van der Waals surface area contributed by atoms with E-state index in [9.17, 15) is 14.3 Å². The summed E-state index contributed by atoms with van der Waals surface area (Å²) in [5, 5.41) is 12.2. The zero-order valence-corrected chi connectivity index (χ0v) is 10.0. The standard InChI is InChI=1S/C12H17FN2O2/c1-3-14-11(16)8-15(2)7-9-5-4-6-10(13)12(9)17/h4-6,17H,3,7-8H2,1-2H3,(H,14,16). The van der Waals surface area contributed by atoms with Crippen LogP contribution < -0.4 is 5.32 Å². The fraction of sp³-hybridized carbons (Fsp3) is 0.417. The van der Waals surface area contributed by atoms with Crippen LogP contribution in [0.25, 0.3) is 0 Å². The molecule has 0 saturated heterocycles. The van der Waals surface area contributed by atoms with E-state index in [4.69, 9.17) is 0 Å². The van der Waals surface area contributed by atoms with Crippen LogP contribution in [-0.2, 0) is 11.3 Å². The molecule has 1 aromatic carbocycles. The molecule has 0 heterocycles. The van der Waals surface area contributed by atoms with Crippen molar-refractivity contribution in [2.24, 2.45) is 0 Å². The highest BCUT2D eigenvalue weighted by Gasteiger charge is 2.10. The summed E-state index contributed by atoms with van der Waals surface area (Å²) in [6.07, 6.45) is 0. The molecule has 0 unspecified atom stereocenters. The first-order valence-electron chi connectivity index (χ1n) is 5.46. The van der Waals surface area contributed by atoms with Gasteiger partial charge in [0.2, 0.25) is 5.91 Å². The SMILES string of the molecule is CCNC(=O)CN(C)Cc1cccc(F)c1O. The molecule has 1 rings (SSSR count). The molecule has 0 fully saturated rings. The minimum atomic E-state index is -0.645. The fourth-order valence-corrected chi connectivity index (χ4v) is 1.53. The summed E-state index contributed by atoms with van der Waals surface area (Å²) in [4.78, 5) is 13.0. The normalized spacial score (nSPS) is 10.6. The Morgan fingerprint density at radius 2 is 2.24 bits per heavy atom. The Hall–Kier alpha value is -1.62. The van der Waals surface area contributed by atoms with E-state index >= 15 is 0 Å². The molecule has 0 radical (unpaired) electrons. The van der Waals surface area contributed by atoms with Gasteiger partial charge in [0.05, 0.1) is 6.54 Å². The Labute approximate surface area is 100 Å². The van der Waals surface area contributed by atoms with E-state index in [-0.39, 0.29) is 18.2 Å². The van der Waals surface area contributed by atoms with Gasteiger partial charge in [0, 0.05) is 18.7 Å². The number of hydrogen-bond acceptors (Lipinski definition) is 3. The molecule has 0 bridgehead atoms. The largest absolute Gasteiger partial charge is 0.505 e. The monoisotopic (exact) mass is 240 g/mol. The fourth-order valence-electron chi connectivity index (χ4n) is 1.53. The van der Waals surface area contributed by atoms with Crippen LogP contribution in [0.4, 0.5) is 4.39 Å². The maximum absolute atomic E-state index is 13.1. The average molecular weight is 240 g/mol. The molecular formula is C12H17FN2O2. The van der Waals surface area contributed by atoms with Gasteiger partial charge in [-0.25, -0.2) is 4.39 Å². The number of likely N-dealkylation sites (N-methyl/N-ethyl adjacent to an activating group) is 2. The van der Waals surface area contributed by atoms with Crippen LogP contribution in [0.3, 0.4) is 0 Å². The predicted octanol–water partition coefficient (Wildman–Crippen LogP) is 1.10. The van der Waals surface area contributed by atoms with E-state index in [1.807, 2.05) is 6.92 Å². The number of hydrogen-bond donors (Lipinski definition) is 2. The summed E-state index contributed by atoms with van der Waals surface area (Å²) < 4.78 is 13.1. The number of rotatable bonds is 5. The van der Waals surface area contributed by atoms with Gasteiger partial charge in [0.1, 0.15) is 0 Å². The molecule has 0 atom stereocenters. The van der Waals surface area contributed by atoms with Gasteiger partial charge < -0.3 is 10.4 Å². The van der Waals surface area contributed by atoms with Crippen LogP contribution >= 0.6 is 0 Å². The Morgan fingerprint density at radius 3 is 2.88 bits per heavy atom. The lowest BCUT2D eigenvalue weighted by Gasteiger charge is -2.16. The third-order valence-corrected chi connectivity index (χ3v) is 2.30. The second-order valence-corrected chi connectivity index (χ2v) is 3.87. The van der Waals surface area contributed by atoms with Crippen LogP contribution in [0.1, 0.15) is 12.5 Å². The minimum absolute atomic E-state index is 0.0918. The zero-order chi connectivity index (χ0) is 12.8. The second-order valence-electron chi connectivity index (χ2n) is 3.87. The number of nitrogens with zero attached hydrogens (tertiary/aromatic N) is 1. The van der Waals surface area contributed by atoms with Gasteiger partial charge in [0.25, 0.3) is 0 Å². The second kappa shape index (κ2) is 6.20. The number of para-hydroxylation sites is 1. The first-order chi connectivity index (χ1) is 8.04. The number of carbonyl (C=O) groups excluding carboxylic acids is 1. The lowest BCUT2D eigenvalue weighted by atomic mass is 10.2. The number of aromatic hydroxyl groups is 1. The lowest BCUT2D eigenvalue weighted by molar-refractivity contribution is -0.121. The van der Waals surface area contributed by atoms with E-state index in [2.05, 4.69) is 5.32 Å². The van der Waals surface area contributed by atoms with Crippen molar-refractivity contribution in [1.82, 2.24) is 10.2 Å². The summed E-state index contributed by atoms with van der Waals surface area (Å²) in [6.45, 7) is 2.96. The molecule has 0 aliphatic rings. The Morgan fingerprint density at radius 1 is 1.53 bits per heavy atom. The Kier molecular flexibility index (Phi) is 4.90. The number of halogens is 1. The molecule has 0 saturated carbocycles. The maximum atomic E-state index is 13.1. The number of nitrogens with one attached hydrogen (secondary N) is 1. The maximum Gasteiger partial charge on any atom is 0.234 e. The van der Waals surface area contributed by atoms with Gasteiger partial charge >= 0.3 is 0 Å². The molecule has 0 aromatic heterocycles. The van der Waals surface area contributed by atoms with Gasteiger partial charge in [0.15, 0.2) is 11.6 Å². The first-order valence-corrected chi connectivity index (χ1v) is 5.46. The molecule has 5 heteroatoms. The number of phenolic OH excluding ortho intramolecular Hbond substituents is 1. The van der Waals surface area contributed by atoms with Crippen LogP contribution in [0, 0.1) is 5.82 Å². The Balaban J connectivity index is 2.59. The van der Waals surface area contributed by atoms with Crippen molar-refractivity contribution >= 4 is 5.91 Å². The van der Waals surface area contributed by atoms with Crippen LogP contribution in [0.15, 0.2) is 18.2 Å². The van der Waals surface area contributed by atoms with Crippen molar-refractivity contribution in [2.75, 3.05) is 20.1 Å². The molecular weight excluding hydrogens is 223 g/mol. The van der Waals surface area contributed by atoms with Crippen LogP contribution in [-0.4, -0.2) is 36.1 Å². The van der Waals surface area contributed by atoms with E-state index in [0.29, 0.717) is 18.7 Å². The van der Waals surface area contributed by atoms with Gasteiger partial charge in [-0.15, -0.1) is 0 Å². The minimum Gasteiger partial charge on any atom is -0.505 e. The van der Waals surface area contributed by atoms with Crippen molar-refractivity contribution in [3.05, 3.63) is 29.6 Å². The van der Waals surface area contributed by atoms with Crippen molar-refractivity contribution in [3.63, 3.8) is 0 Å². The van der Waals surface area contributed by atoms with Gasteiger partial charge in [-0.2, -0.15) is 0 Å². The average Bonchev–Trinajstić information content (AvgIpc) is 2.25. The quantitative estimate of drug-likeness (QED) is 0.810. The summed E-state index contributed by atoms with van der Waals surface area (Å²) >= 11 is 0. The Bertz CT molecular complexity index is 396. The highest BCUT2D eigenvalue weighted by atomic mass is 19.1. The summed E-state index contributed by atoms with van der Waals surface area (Å²) in [7, 11) is 1.74. The summed E-state index contributed by atoms with van der Waals surface area (Å²) in [6, 6.07) is 4.36. The highest BCUT2D eigenvalue weighted by molar-refractivity contribution is 5.77. The molecule has 2 N–H and O–H groups in total. The first kappa shape index (κ1) is 13.4. The van der Waals surface area contributed by atoms with Gasteiger partial charge in [-0.3, -0.25) is 9.69 Å². The van der Waals surface area contributed by atoms with E-state index in [1.54, 1.807) is 18.0 Å². The molecule has 17 heavy (non-hydrogen) atoms. The van der Waals surface area contributed by atoms with E-state index in [0.717, 1.165) is 0 Å². The van der Waals surface area contributed by atoms with Crippen LogP contribution in [0.2, 0.25) is 0 Å². The summed E-state index contributed by atoms with van der Waals surface area (Å²) in [5.74, 6) is -1.09. The van der Waals surface area contributed by atoms with Crippen molar-refractivity contribution in [2.45, 2.75) is 13.5 Å². The molecule has 1 amide bonds. The number of amides is 1. The van der Waals surface area contributed by atoms with Crippen molar-refractivity contribution < 1.29 is 14.3 Å². The zero-order valence-electron chi connectivity index (χ0n) is 10.0. The number of benzene rings is 1. The highest BCUT2D eigenvalue weighted by Crippen LogP contribution is 2.21. The van der Waals surface area contributed by atoms with Crippen LogP contribution in [0.5, 0.6) is 5.75 Å². The summed E-state index contributed by atoms with van der Waals surface area (Å²) in [5.41, 5.74) is 0.469. The topological polar surface area (TPSA) is 52.6 Å². The van der Waals surface area contributed by atoms with Crippen molar-refractivity contribution in [3.8, 4) is 5.75 Å². The molecule has 0 aliphatic heterocycles. The smallest absolute Gasteiger partial charge is 0.234 e.